The summed E-state index contributed by atoms with van der Waals surface area (Å²) in [5.41, 5.74) is 4.10. The van der Waals surface area contributed by atoms with Crippen LogP contribution in [-0.4, -0.2) is 59.4 Å². The number of aliphatic hydroxyl groups is 1. The summed E-state index contributed by atoms with van der Waals surface area (Å²) < 4.78 is 3.35. The highest BCUT2D eigenvalue weighted by Crippen LogP contribution is 2.32. The van der Waals surface area contributed by atoms with Crippen LogP contribution < -0.4 is 4.72 Å². The molecule has 0 bridgehead atoms. The number of likely N-dealkylation sites (tertiary alicyclic amines) is 1. The van der Waals surface area contributed by atoms with Crippen molar-refractivity contribution in [2.75, 3.05) is 37.2 Å². The number of amides is 1. The molecule has 190 valence electrons. The van der Waals surface area contributed by atoms with Gasteiger partial charge in [0.15, 0.2) is 0 Å². The van der Waals surface area contributed by atoms with Gasteiger partial charge in [-0.2, -0.15) is 0 Å². The van der Waals surface area contributed by atoms with E-state index in [1.807, 2.05) is 84.7 Å². The van der Waals surface area contributed by atoms with E-state index in [2.05, 4.69) is 21.8 Å². The number of likely N-dealkylation sites (N-methyl/N-ethyl adjacent to an activating group) is 1. The molecule has 0 saturated carbocycles. The van der Waals surface area contributed by atoms with Gasteiger partial charge in [-0.15, -0.1) is 0 Å². The van der Waals surface area contributed by atoms with Crippen LogP contribution >= 0.6 is 11.9 Å². The van der Waals surface area contributed by atoms with E-state index in [9.17, 15) is 9.90 Å². The average Bonchev–Trinajstić information content (AvgIpc) is 3.42. The Morgan fingerprint density at radius 1 is 0.944 bits per heavy atom. The molecule has 6 heteroatoms. The molecule has 1 heterocycles. The molecule has 0 spiro atoms. The van der Waals surface area contributed by atoms with Crippen molar-refractivity contribution < 1.29 is 9.90 Å². The molecule has 2 N–H and O–H groups in total. The Morgan fingerprint density at radius 2 is 1.53 bits per heavy atom. The van der Waals surface area contributed by atoms with Gasteiger partial charge < -0.3 is 19.6 Å². The first-order valence-corrected chi connectivity index (χ1v) is 13.8. The smallest absolute Gasteiger partial charge is 0.234 e. The minimum absolute atomic E-state index is 0.0750. The van der Waals surface area contributed by atoms with Crippen LogP contribution in [0.25, 0.3) is 0 Å². The third kappa shape index (κ3) is 6.90. The highest BCUT2D eigenvalue weighted by atomic mass is 32.2. The van der Waals surface area contributed by atoms with E-state index >= 15 is 0 Å². The third-order valence-corrected chi connectivity index (χ3v) is 7.77. The highest BCUT2D eigenvalue weighted by molar-refractivity contribution is 8.00. The summed E-state index contributed by atoms with van der Waals surface area (Å²) in [4.78, 5) is 18.6. The maximum Gasteiger partial charge on any atom is 0.234 e. The van der Waals surface area contributed by atoms with Gasteiger partial charge in [0.1, 0.15) is 0 Å². The van der Waals surface area contributed by atoms with Crippen molar-refractivity contribution in [2.24, 2.45) is 0 Å². The lowest BCUT2D eigenvalue weighted by molar-refractivity contribution is -0.133. The summed E-state index contributed by atoms with van der Waals surface area (Å²) in [6.07, 6.45) is 2.04. The number of aliphatic hydroxyl groups excluding tert-OH is 1. The van der Waals surface area contributed by atoms with E-state index in [0.717, 1.165) is 42.0 Å². The van der Waals surface area contributed by atoms with E-state index in [1.165, 1.54) is 24.8 Å². The molecule has 2 unspecified atom stereocenters. The molecule has 4 rings (SSSR count). The molecule has 1 aliphatic heterocycles. The molecule has 2 atom stereocenters. The fourth-order valence-corrected chi connectivity index (χ4v) is 5.46. The van der Waals surface area contributed by atoms with E-state index in [4.69, 9.17) is 0 Å². The zero-order valence-corrected chi connectivity index (χ0v) is 22.0. The number of carbonyl (C=O) groups excluding carboxylic acids is 1. The van der Waals surface area contributed by atoms with Gasteiger partial charge in [0, 0.05) is 25.0 Å². The zero-order valence-electron chi connectivity index (χ0n) is 21.2. The standard InChI is InChI=1S/C30H37N3O2S/c1-23(34)22-36-31-27-17-11-16-26(20-27)28(21-33-18-9-10-19-33)32(2)30(35)29(24-12-5-3-6-13-24)25-14-7-4-8-15-25/h3-8,11-17,20,23,28-29,31,34H,9-10,18-19,21-22H2,1-2H3. The van der Waals surface area contributed by atoms with Crippen LogP contribution in [0.15, 0.2) is 84.9 Å². The van der Waals surface area contributed by atoms with Gasteiger partial charge in [-0.25, -0.2) is 0 Å². The van der Waals surface area contributed by atoms with Gasteiger partial charge in [-0.1, -0.05) is 84.7 Å². The maximum atomic E-state index is 14.2. The molecule has 5 nitrogen and oxygen atoms in total. The number of benzene rings is 3. The second-order valence-electron chi connectivity index (χ2n) is 9.61. The molecule has 0 radical (unpaired) electrons. The molecule has 1 aliphatic rings. The van der Waals surface area contributed by atoms with Crippen LogP contribution in [-0.2, 0) is 4.79 Å². The Bertz CT molecular complexity index is 1050. The van der Waals surface area contributed by atoms with Crippen LogP contribution in [0.3, 0.4) is 0 Å². The second kappa shape index (κ2) is 12.9. The summed E-state index contributed by atoms with van der Waals surface area (Å²) in [5.74, 6) is 0.343. The predicted molar refractivity (Wildman–Crippen MR) is 150 cm³/mol. The molecule has 36 heavy (non-hydrogen) atoms. The lowest BCUT2D eigenvalue weighted by Crippen LogP contribution is -2.41. The van der Waals surface area contributed by atoms with Gasteiger partial charge in [-0.3, -0.25) is 4.79 Å². The third-order valence-electron chi connectivity index (χ3n) is 6.74. The average molecular weight is 504 g/mol. The number of rotatable bonds is 11. The number of anilines is 1. The SMILES string of the molecule is CC(O)CSNc1cccc(C(CN2CCCC2)N(C)C(=O)C(c2ccccc2)c2ccccc2)c1. The molecule has 3 aromatic rings. The summed E-state index contributed by atoms with van der Waals surface area (Å²) in [6, 6.07) is 28.4. The largest absolute Gasteiger partial charge is 0.392 e. The second-order valence-corrected chi connectivity index (χ2v) is 10.4. The first-order valence-electron chi connectivity index (χ1n) is 12.8. The van der Waals surface area contributed by atoms with Crippen molar-refractivity contribution >= 4 is 23.5 Å². The summed E-state index contributed by atoms with van der Waals surface area (Å²) >= 11 is 1.49. The predicted octanol–water partition coefficient (Wildman–Crippen LogP) is 5.55. The minimum atomic E-state index is -0.370. The Hall–Kier alpha value is -2.80. The number of carbonyl (C=O) groups is 1. The normalized spacial score (nSPS) is 15.6. The van der Waals surface area contributed by atoms with Gasteiger partial charge in [0.05, 0.1) is 18.1 Å². The summed E-state index contributed by atoms with van der Waals surface area (Å²) in [5, 5.41) is 9.60. The van der Waals surface area contributed by atoms with E-state index in [-0.39, 0.29) is 24.0 Å². The van der Waals surface area contributed by atoms with Gasteiger partial charge >= 0.3 is 0 Å². The fraction of sp³-hybridized carbons (Fsp3) is 0.367. The number of hydrogen-bond donors (Lipinski definition) is 2. The molecule has 1 amide bonds. The Morgan fingerprint density at radius 3 is 2.11 bits per heavy atom. The number of hydrogen-bond acceptors (Lipinski definition) is 5. The first-order chi connectivity index (χ1) is 17.5. The van der Waals surface area contributed by atoms with E-state index in [1.54, 1.807) is 6.92 Å². The van der Waals surface area contributed by atoms with Gasteiger partial charge in [0.25, 0.3) is 0 Å². The molecular weight excluding hydrogens is 466 g/mol. The van der Waals surface area contributed by atoms with Crippen LogP contribution in [0.5, 0.6) is 0 Å². The zero-order chi connectivity index (χ0) is 25.3. The maximum absolute atomic E-state index is 14.2. The minimum Gasteiger partial charge on any atom is -0.392 e. The summed E-state index contributed by atoms with van der Waals surface area (Å²) in [7, 11) is 1.95. The van der Waals surface area contributed by atoms with E-state index in [0.29, 0.717) is 5.75 Å². The molecule has 1 fully saturated rings. The number of nitrogens with one attached hydrogen (secondary N) is 1. The van der Waals surface area contributed by atoms with Crippen LogP contribution in [0.4, 0.5) is 5.69 Å². The molecule has 1 saturated heterocycles. The van der Waals surface area contributed by atoms with Crippen LogP contribution in [0.2, 0.25) is 0 Å². The molecule has 0 aromatic heterocycles. The van der Waals surface area contributed by atoms with Crippen molar-refractivity contribution in [3.63, 3.8) is 0 Å². The van der Waals surface area contributed by atoms with Crippen molar-refractivity contribution in [1.82, 2.24) is 9.80 Å². The van der Waals surface area contributed by atoms with Crippen molar-refractivity contribution in [3.8, 4) is 0 Å². The Balaban J connectivity index is 1.64. The monoisotopic (exact) mass is 503 g/mol. The molecular formula is C30H37N3O2S. The van der Waals surface area contributed by atoms with Crippen LogP contribution in [0.1, 0.15) is 48.4 Å². The van der Waals surface area contributed by atoms with Crippen molar-refractivity contribution in [2.45, 2.75) is 37.8 Å². The summed E-state index contributed by atoms with van der Waals surface area (Å²) in [6.45, 7) is 4.74. The molecule has 0 aliphatic carbocycles. The Labute approximate surface area is 219 Å². The first kappa shape index (κ1) is 26.3. The van der Waals surface area contributed by atoms with Crippen molar-refractivity contribution in [3.05, 3.63) is 102 Å². The molecule has 3 aromatic carbocycles. The lowest BCUT2D eigenvalue weighted by Gasteiger charge is -2.34. The Kier molecular flexibility index (Phi) is 9.45. The van der Waals surface area contributed by atoms with Gasteiger partial charge in [0.2, 0.25) is 5.91 Å². The van der Waals surface area contributed by atoms with Gasteiger partial charge in [-0.05, 0) is 61.7 Å². The number of nitrogens with zero attached hydrogens (tertiary/aromatic N) is 2. The lowest BCUT2D eigenvalue weighted by atomic mass is 9.89. The van der Waals surface area contributed by atoms with Crippen LogP contribution in [0, 0.1) is 0 Å². The van der Waals surface area contributed by atoms with Crippen molar-refractivity contribution in [1.29, 1.82) is 0 Å². The van der Waals surface area contributed by atoms with E-state index < -0.39 is 0 Å². The fourth-order valence-electron chi connectivity index (χ4n) is 4.84. The topological polar surface area (TPSA) is 55.8 Å². The quantitative estimate of drug-likeness (QED) is 0.336. The highest BCUT2D eigenvalue weighted by Gasteiger charge is 2.32.